The van der Waals surface area contributed by atoms with Crippen molar-refractivity contribution >= 4 is 23.4 Å². The second kappa shape index (κ2) is 7.08. The van der Waals surface area contributed by atoms with Gasteiger partial charge < -0.3 is 11.1 Å². The van der Waals surface area contributed by atoms with E-state index in [0.717, 1.165) is 11.8 Å². The molecule has 0 fully saturated rings. The molecular formula is C15H14F2N2OS. The number of rotatable bonds is 5. The van der Waals surface area contributed by atoms with Crippen LogP contribution in [0.25, 0.3) is 0 Å². The molecule has 6 heteroatoms. The number of carbonyl (C=O) groups is 1. The first-order valence-corrected chi connectivity index (χ1v) is 7.23. The fraction of sp³-hybridized carbons (Fsp3) is 0.133. The Balaban J connectivity index is 1.84. The molecule has 1 amide bonds. The summed E-state index contributed by atoms with van der Waals surface area (Å²) in [6.45, 7) is 0.107. The normalized spacial score (nSPS) is 10.4. The van der Waals surface area contributed by atoms with Crippen LogP contribution in [0.15, 0.2) is 47.4 Å². The minimum absolute atomic E-state index is 0.0509. The predicted molar refractivity (Wildman–Crippen MR) is 79.8 cm³/mol. The molecule has 0 heterocycles. The van der Waals surface area contributed by atoms with E-state index in [9.17, 15) is 13.6 Å². The second-order valence-corrected chi connectivity index (χ2v) is 5.36. The van der Waals surface area contributed by atoms with E-state index >= 15 is 0 Å². The summed E-state index contributed by atoms with van der Waals surface area (Å²) in [5.41, 5.74) is 6.19. The van der Waals surface area contributed by atoms with Gasteiger partial charge in [-0.05, 0) is 24.3 Å². The van der Waals surface area contributed by atoms with Crippen LogP contribution in [0.5, 0.6) is 0 Å². The summed E-state index contributed by atoms with van der Waals surface area (Å²) >= 11 is 1.07. The van der Waals surface area contributed by atoms with Gasteiger partial charge in [0.25, 0.3) is 0 Å². The molecule has 0 saturated carbocycles. The average Bonchev–Trinajstić information content (AvgIpc) is 2.45. The van der Waals surface area contributed by atoms with Crippen LogP contribution in [-0.4, -0.2) is 11.7 Å². The van der Waals surface area contributed by atoms with Crippen LogP contribution in [0, 0.1) is 11.6 Å². The van der Waals surface area contributed by atoms with E-state index < -0.39 is 5.82 Å². The van der Waals surface area contributed by atoms with Crippen LogP contribution < -0.4 is 11.1 Å². The highest BCUT2D eigenvalue weighted by Gasteiger charge is 2.08. The molecule has 110 valence electrons. The van der Waals surface area contributed by atoms with Crippen LogP contribution in [0.4, 0.5) is 14.5 Å². The summed E-state index contributed by atoms with van der Waals surface area (Å²) in [5.74, 6) is -1.06. The van der Waals surface area contributed by atoms with Crippen molar-refractivity contribution in [3.63, 3.8) is 0 Å². The molecule has 3 nitrogen and oxygen atoms in total. The predicted octanol–water partition coefficient (Wildman–Crippen LogP) is 2.96. The van der Waals surface area contributed by atoms with Crippen LogP contribution in [0.2, 0.25) is 0 Å². The number of carbonyl (C=O) groups excluding carboxylic acids is 1. The molecule has 3 N–H and O–H groups in total. The quantitative estimate of drug-likeness (QED) is 0.659. The van der Waals surface area contributed by atoms with Gasteiger partial charge in [-0.2, -0.15) is 0 Å². The van der Waals surface area contributed by atoms with E-state index in [-0.39, 0.29) is 24.0 Å². The largest absolute Gasteiger partial charge is 0.399 e. The highest BCUT2D eigenvalue weighted by molar-refractivity contribution is 8.00. The summed E-state index contributed by atoms with van der Waals surface area (Å²) in [6, 6.07) is 10.5. The lowest BCUT2D eigenvalue weighted by Crippen LogP contribution is -2.25. The van der Waals surface area contributed by atoms with Crippen molar-refractivity contribution in [3.8, 4) is 0 Å². The number of nitrogens with two attached hydrogens (primary N) is 1. The molecule has 2 rings (SSSR count). The lowest BCUT2D eigenvalue weighted by atomic mass is 10.2. The van der Waals surface area contributed by atoms with Gasteiger partial charge in [-0.3, -0.25) is 4.79 Å². The Kier molecular flexibility index (Phi) is 5.16. The van der Waals surface area contributed by atoms with Crippen molar-refractivity contribution in [2.75, 3.05) is 11.5 Å². The smallest absolute Gasteiger partial charge is 0.230 e. The number of anilines is 1. The molecule has 0 radical (unpaired) electrons. The zero-order valence-corrected chi connectivity index (χ0v) is 11.9. The molecule has 0 spiro atoms. The van der Waals surface area contributed by atoms with Crippen molar-refractivity contribution in [2.24, 2.45) is 0 Å². The molecule has 21 heavy (non-hydrogen) atoms. The topological polar surface area (TPSA) is 55.1 Å². The van der Waals surface area contributed by atoms with Gasteiger partial charge in [0.15, 0.2) is 0 Å². The monoisotopic (exact) mass is 308 g/mol. The summed E-state index contributed by atoms with van der Waals surface area (Å²) in [4.78, 5) is 12.0. The van der Waals surface area contributed by atoms with E-state index in [0.29, 0.717) is 16.1 Å². The Morgan fingerprint density at radius 3 is 2.62 bits per heavy atom. The number of benzene rings is 2. The molecule has 0 bridgehead atoms. The van der Waals surface area contributed by atoms with Gasteiger partial charge in [-0.1, -0.05) is 18.2 Å². The number of thioether (sulfide) groups is 1. The van der Waals surface area contributed by atoms with Crippen molar-refractivity contribution in [2.45, 2.75) is 11.4 Å². The van der Waals surface area contributed by atoms with Gasteiger partial charge in [0.2, 0.25) is 5.91 Å². The number of hydrogen-bond acceptors (Lipinski definition) is 3. The number of halogens is 2. The van der Waals surface area contributed by atoms with Crippen molar-refractivity contribution in [1.82, 2.24) is 5.32 Å². The summed E-state index contributed by atoms with van der Waals surface area (Å²) in [5, 5.41) is 2.59. The highest BCUT2D eigenvalue weighted by Crippen LogP contribution is 2.23. The molecule has 0 unspecified atom stereocenters. The minimum atomic E-state index is -0.457. The number of hydrogen-bond donors (Lipinski definition) is 2. The van der Waals surface area contributed by atoms with Crippen LogP contribution in [0.1, 0.15) is 5.56 Å². The lowest BCUT2D eigenvalue weighted by molar-refractivity contribution is -0.118. The van der Waals surface area contributed by atoms with E-state index in [1.165, 1.54) is 18.2 Å². The van der Waals surface area contributed by atoms with Gasteiger partial charge in [0, 0.05) is 22.7 Å². The SMILES string of the molecule is Nc1ccc(SCC(=O)NCc2ccccc2F)c(F)c1. The molecule has 0 aromatic heterocycles. The van der Waals surface area contributed by atoms with E-state index in [1.54, 1.807) is 24.3 Å². The van der Waals surface area contributed by atoms with E-state index in [2.05, 4.69) is 5.32 Å². The van der Waals surface area contributed by atoms with E-state index in [4.69, 9.17) is 5.73 Å². The summed E-state index contributed by atoms with van der Waals surface area (Å²) < 4.78 is 26.9. The fourth-order valence-electron chi connectivity index (χ4n) is 1.66. The standard InChI is InChI=1S/C15H14F2N2OS/c16-12-4-2-1-3-10(12)8-19-15(20)9-21-14-6-5-11(18)7-13(14)17/h1-7H,8-9,18H2,(H,19,20). The number of nitrogen functional groups attached to an aromatic ring is 1. The zero-order chi connectivity index (χ0) is 15.2. The molecule has 2 aromatic rings. The first-order chi connectivity index (χ1) is 10.1. The van der Waals surface area contributed by atoms with Gasteiger partial charge in [-0.25, -0.2) is 8.78 Å². The Morgan fingerprint density at radius 1 is 1.14 bits per heavy atom. The molecule has 0 saturated heterocycles. The van der Waals surface area contributed by atoms with Gasteiger partial charge >= 0.3 is 0 Å². The number of amides is 1. The fourth-order valence-corrected chi connectivity index (χ4v) is 2.41. The zero-order valence-electron chi connectivity index (χ0n) is 11.1. The average molecular weight is 308 g/mol. The Bertz CT molecular complexity index is 649. The lowest BCUT2D eigenvalue weighted by Gasteiger charge is -2.07. The Morgan fingerprint density at radius 2 is 1.90 bits per heavy atom. The molecule has 0 atom stereocenters. The highest BCUT2D eigenvalue weighted by atomic mass is 32.2. The maximum absolute atomic E-state index is 13.5. The van der Waals surface area contributed by atoms with Crippen LogP contribution in [-0.2, 0) is 11.3 Å². The number of nitrogens with one attached hydrogen (secondary N) is 1. The van der Waals surface area contributed by atoms with Crippen LogP contribution >= 0.6 is 11.8 Å². The first-order valence-electron chi connectivity index (χ1n) is 6.24. The maximum atomic E-state index is 13.5. The van der Waals surface area contributed by atoms with Gasteiger partial charge in [0.1, 0.15) is 11.6 Å². The van der Waals surface area contributed by atoms with Crippen molar-refractivity contribution < 1.29 is 13.6 Å². The molecule has 0 aliphatic rings. The second-order valence-electron chi connectivity index (χ2n) is 4.35. The minimum Gasteiger partial charge on any atom is -0.399 e. The van der Waals surface area contributed by atoms with Crippen molar-refractivity contribution in [1.29, 1.82) is 0 Å². The summed E-state index contributed by atoms with van der Waals surface area (Å²) in [6.07, 6.45) is 0. The van der Waals surface area contributed by atoms with Gasteiger partial charge in [0.05, 0.1) is 5.75 Å². The third kappa shape index (κ3) is 4.46. The van der Waals surface area contributed by atoms with Gasteiger partial charge in [-0.15, -0.1) is 11.8 Å². The van der Waals surface area contributed by atoms with E-state index in [1.807, 2.05) is 0 Å². The molecule has 0 aliphatic carbocycles. The maximum Gasteiger partial charge on any atom is 0.230 e. The van der Waals surface area contributed by atoms with Crippen LogP contribution in [0.3, 0.4) is 0 Å². The summed E-state index contributed by atoms with van der Waals surface area (Å²) in [7, 11) is 0. The third-order valence-electron chi connectivity index (χ3n) is 2.75. The molecular weight excluding hydrogens is 294 g/mol. The third-order valence-corrected chi connectivity index (χ3v) is 3.80. The van der Waals surface area contributed by atoms with Crippen molar-refractivity contribution in [3.05, 3.63) is 59.7 Å². The molecule has 0 aliphatic heterocycles. The first kappa shape index (κ1) is 15.3. The molecule has 2 aromatic carbocycles. The Labute approximate surface area is 125 Å². The Hall–Kier alpha value is -2.08.